The number of hydrogen-bond acceptors (Lipinski definition) is 5. The minimum Gasteiger partial charge on any atom is -0.497 e. The monoisotopic (exact) mass is 371 g/mol. The molecule has 1 amide bonds. The predicted octanol–water partition coefficient (Wildman–Crippen LogP) is 2.67. The third-order valence-electron chi connectivity index (χ3n) is 5.01. The number of fused-ring (bicyclic) bond motifs is 1. The predicted molar refractivity (Wildman–Crippen MR) is 102 cm³/mol. The molecule has 2 aromatic carbocycles. The number of methoxy groups -OCH3 is 3. The van der Waals surface area contributed by atoms with Crippen LogP contribution >= 0.6 is 0 Å². The number of carbonyl (C=O) groups excluding carboxylic acids is 1. The summed E-state index contributed by atoms with van der Waals surface area (Å²) in [4.78, 5) is 12.6. The number of hydrogen-bond donors (Lipinski definition) is 2. The van der Waals surface area contributed by atoms with Gasteiger partial charge in [0.15, 0.2) is 0 Å². The largest absolute Gasteiger partial charge is 0.497 e. The highest BCUT2D eigenvalue weighted by atomic mass is 16.5. The molecule has 0 saturated heterocycles. The van der Waals surface area contributed by atoms with E-state index in [1.165, 1.54) is 14.2 Å². The van der Waals surface area contributed by atoms with Gasteiger partial charge in [0.25, 0.3) is 5.91 Å². The van der Waals surface area contributed by atoms with Crippen LogP contribution in [0.1, 0.15) is 34.3 Å². The Balaban J connectivity index is 1.78. The molecule has 6 nitrogen and oxygen atoms in total. The quantitative estimate of drug-likeness (QED) is 0.816. The zero-order valence-corrected chi connectivity index (χ0v) is 15.9. The van der Waals surface area contributed by atoms with Crippen molar-refractivity contribution in [1.82, 2.24) is 5.32 Å². The maximum absolute atomic E-state index is 12.6. The second-order valence-corrected chi connectivity index (χ2v) is 6.69. The van der Waals surface area contributed by atoms with Crippen molar-refractivity contribution in [1.29, 1.82) is 0 Å². The highest BCUT2D eigenvalue weighted by molar-refractivity contribution is 5.95. The van der Waals surface area contributed by atoms with Crippen molar-refractivity contribution < 1.29 is 24.1 Å². The van der Waals surface area contributed by atoms with E-state index >= 15 is 0 Å². The Morgan fingerprint density at radius 2 is 1.70 bits per heavy atom. The first kappa shape index (κ1) is 19.0. The first-order chi connectivity index (χ1) is 13.0. The summed E-state index contributed by atoms with van der Waals surface area (Å²) in [6.07, 6.45) is 2.32. The van der Waals surface area contributed by atoms with Gasteiger partial charge in [0.05, 0.1) is 27.9 Å². The molecular weight excluding hydrogens is 346 g/mol. The highest BCUT2D eigenvalue weighted by Gasteiger charge is 2.35. The number of aryl methyl sites for hydroxylation is 1. The summed E-state index contributed by atoms with van der Waals surface area (Å²) in [6.45, 7) is 0.130. The molecule has 0 spiro atoms. The number of nitrogens with one attached hydrogen (secondary N) is 1. The van der Waals surface area contributed by atoms with Gasteiger partial charge in [-0.05, 0) is 54.7 Å². The van der Waals surface area contributed by atoms with E-state index in [4.69, 9.17) is 14.2 Å². The van der Waals surface area contributed by atoms with Gasteiger partial charge in [-0.1, -0.05) is 6.07 Å². The summed E-state index contributed by atoms with van der Waals surface area (Å²) >= 11 is 0. The summed E-state index contributed by atoms with van der Waals surface area (Å²) in [5.41, 5.74) is 1.22. The van der Waals surface area contributed by atoms with E-state index in [9.17, 15) is 9.90 Å². The molecule has 0 heterocycles. The van der Waals surface area contributed by atoms with E-state index in [1.54, 1.807) is 25.3 Å². The second kappa shape index (κ2) is 7.88. The van der Waals surface area contributed by atoms with Crippen LogP contribution in [0.5, 0.6) is 17.2 Å². The SMILES string of the molecule is COc1cc(OC)cc(C(=O)NCC2(O)CCCc3cc(OC)ccc32)c1. The lowest BCUT2D eigenvalue weighted by Crippen LogP contribution is -2.43. The number of ether oxygens (including phenoxy) is 3. The average Bonchev–Trinajstić information content (AvgIpc) is 2.71. The minimum atomic E-state index is -1.10. The van der Waals surface area contributed by atoms with Crippen molar-refractivity contribution in [2.75, 3.05) is 27.9 Å². The molecule has 0 aromatic heterocycles. The van der Waals surface area contributed by atoms with Crippen LogP contribution in [0.4, 0.5) is 0 Å². The first-order valence-electron chi connectivity index (χ1n) is 8.90. The third kappa shape index (κ3) is 4.01. The fourth-order valence-electron chi connectivity index (χ4n) is 3.51. The van der Waals surface area contributed by atoms with Gasteiger partial charge < -0.3 is 24.6 Å². The number of rotatable bonds is 6. The third-order valence-corrected chi connectivity index (χ3v) is 5.01. The number of carbonyl (C=O) groups is 1. The smallest absolute Gasteiger partial charge is 0.251 e. The lowest BCUT2D eigenvalue weighted by molar-refractivity contribution is 0.0189. The molecule has 6 heteroatoms. The van der Waals surface area contributed by atoms with E-state index in [2.05, 4.69) is 5.32 Å². The van der Waals surface area contributed by atoms with Gasteiger partial charge in [-0.25, -0.2) is 0 Å². The molecule has 1 aliphatic carbocycles. The van der Waals surface area contributed by atoms with Crippen molar-refractivity contribution in [2.24, 2.45) is 0 Å². The zero-order chi connectivity index (χ0) is 19.4. The van der Waals surface area contributed by atoms with Crippen LogP contribution in [0, 0.1) is 0 Å². The van der Waals surface area contributed by atoms with Crippen molar-refractivity contribution in [2.45, 2.75) is 24.9 Å². The van der Waals surface area contributed by atoms with E-state index in [1.807, 2.05) is 18.2 Å². The lowest BCUT2D eigenvalue weighted by atomic mass is 9.79. The Labute approximate surface area is 159 Å². The van der Waals surface area contributed by atoms with Gasteiger partial charge in [-0.2, -0.15) is 0 Å². The normalized spacial score (nSPS) is 18.4. The summed E-state index contributed by atoms with van der Waals surface area (Å²) in [7, 11) is 4.69. The molecule has 1 unspecified atom stereocenters. The molecule has 0 bridgehead atoms. The second-order valence-electron chi connectivity index (χ2n) is 6.69. The molecule has 2 N–H and O–H groups in total. The molecule has 27 heavy (non-hydrogen) atoms. The van der Waals surface area contributed by atoms with E-state index < -0.39 is 5.60 Å². The molecule has 0 radical (unpaired) electrons. The van der Waals surface area contributed by atoms with Crippen molar-refractivity contribution in [3.8, 4) is 17.2 Å². The van der Waals surface area contributed by atoms with E-state index in [-0.39, 0.29) is 12.5 Å². The maximum atomic E-state index is 12.6. The molecule has 3 rings (SSSR count). The Bertz CT molecular complexity index is 813. The van der Waals surface area contributed by atoms with E-state index in [0.29, 0.717) is 23.5 Å². The van der Waals surface area contributed by atoms with Crippen LogP contribution in [0.3, 0.4) is 0 Å². The van der Waals surface area contributed by atoms with Crippen LogP contribution in [-0.4, -0.2) is 38.9 Å². The Morgan fingerprint density at radius 1 is 1.04 bits per heavy atom. The molecule has 2 aromatic rings. The summed E-state index contributed by atoms with van der Waals surface area (Å²) in [5.74, 6) is 1.55. The van der Waals surface area contributed by atoms with Gasteiger partial charge in [0.1, 0.15) is 22.8 Å². The van der Waals surface area contributed by atoms with Gasteiger partial charge in [0.2, 0.25) is 0 Å². The summed E-state index contributed by atoms with van der Waals surface area (Å²) in [6, 6.07) is 10.7. The van der Waals surface area contributed by atoms with Crippen LogP contribution < -0.4 is 19.5 Å². The van der Waals surface area contributed by atoms with Crippen LogP contribution in [0.25, 0.3) is 0 Å². The fourth-order valence-corrected chi connectivity index (χ4v) is 3.51. The fraction of sp³-hybridized carbons (Fsp3) is 0.381. The zero-order valence-electron chi connectivity index (χ0n) is 15.9. The van der Waals surface area contributed by atoms with E-state index in [0.717, 1.165) is 29.7 Å². The average molecular weight is 371 g/mol. The van der Waals surface area contributed by atoms with Crippen LogP contribution in [0.2, 0.25) is 0 Å². The maximum Gasteiger partial charge on any atom is 0.251 e. The van der Waals surface area contributed by atoms with Crippen molar-refractivity contribution >= 4 is 5.91 Å². The van der Waals surface area contributed by atoms with Gasteiger partial charge >= 0.3 is 0 Å². The van der Waals surface area contributed by atoms with Crippen LogP contribution in [0.15, 0.2) is 36.4 Å². The molecule has 1 aliphatic rings. The number of benzene rings is 2. The van der Waals surface area contributed by atoms with Crippen molar-refractivity contribution in [3.05, 3.63) is 53.1 Å². The number of aliphatic hydroxyl groups is 1. The Hall–Kier alpha value is -2.73. The topological polar surface area (TPSA) is 77.0 Å². The lowest BCUT2D eigenvalue weighted by Gasteiger charge is -2.35. The minimum absolute atomic E-state index is 0.130. The highest BCUT2D eigenvalue weighted by Crippen LogP contribution is 2.36. The molecule has 1 atom stereocenters. The first-order valence-corrected chi connectivity index (χ1v) is 8.90. The standard InChI is InChI=1S/C21H25NO5/c1-25-16-6-7-19-14(9-16)5-4-8-21(19,24)13-22-20(23)15-10-17(26-2)12-18(11-15)27-3/h6-7,9-12,24H,4-5,8,13H2,1-3H3,(H,22,23). The molecular formula is C21H25NO5. The molecule has 0 aliphatic heterocycles. The molecule has 0 fully saturated rings. The Kier molecular flexibility index (Phi) is 5.56. The summed E-state index contributed by atoms with van der Waals surface area (Å²) in [5, 5.41) is 14.0. The van der Waals surface area contributed by atoms with Crippen molar-refractivity contribution in [3.63, 3.8) is 0 Å². The van der Waals surface area contributed by atoms with Gasteiger partial charge in [-0.3, -0.25) is 4.79 Å². The van der Waals surface area contributed by atoms with Crippen LogP contribution in [-0.2, 0) is 12.0 Å². The molecule has 144 valence electrons. The summed E-state index contributed by atoms with van der Waals surface area (Å²) < 4.78 is 15.7. The van der Waals surface area contributed by atoms with Gasteiger partial charge in [0, 0.05) is 11.6 Å². The Morgan fingerprint density at radius 3 is 2.33 bits per heavy atom. The van der Waals surface area contributed by atoms with Gasteiger partial charge in [-0.15, -0.1) is 0 Å². The number of amides is 1. The molecule has 0 saturated carbocycles.